The summed E-state index contributed by atoms with van der Waals surface area (Å²) in [5.74, 6) is 13.0. The van der Waals surface area contributed by atoms with Crippen LogP contribution in [-0.2, 0) is 47.9 Å². The van der Waals surface area contributed by atoms with E-state index >= 15 is 0 Å². The number of carbonyl (C=O) groups is 10. The molecule has 20 nitrogen and oxygen atoms in total. The van der Waals surface area contributed by atoms with Crippen molar-refractivity contribution >= 4 is 169 Å². The van der Waals surface area contributed by atoms with Gasteiger partial charge >= 0.3 is 0 Å². The Morgan fingerprint density at radius 2 is 0.359 bits per heavy atom. The third-order valence-corrected chi connectivity index (χ3v) is 34.7. The minimum atomic E-state index is -0.168. The molecular weight excluding hydrogens is 2000 g/mol. The minimum Gasteiger partial charge on any atom is -0.330 e. The van der Waals surface area contributed by atoms with Gasteiger partial charge < -0.3 is 44.8 Å². The average molecular weight is 2230 g/mol. The number of carbonyl (C=O) groups excluding carboxylic acids is 10. The second kappa shape index (κ2) is 100. The Bertz CT molecular complexity index is 3570. The summed E-state index contributed by atoms with van der Waals surface area (Å²) >= 11 is 13.6. The van der Waals surface area contributed by atoms with Crippen LogP contribution in [0.5, 0.6) is 0 Å². The van der Waals surface area contributed by atoms with Gasteiger partial charge in [0.25, 0.3) is 10.2 Å². The topological polar surface area (TPSA) is 171 Å². The lowest BCUT2D eigenvalue weighted by Gasteiger charge is -2.37. The molecule has 0 saturated carbocycles. The molecule has 30 heteroatoms. The predicted octanol–water partition coefficient (Wildman–Crippen LogP) is 23.9. The minimum absolute atomic E-state index is 0.0680. The molecule has 0 aromatic carbocycles. The number of hydrogen-bond acceptors (Lipinski definition) is 20. The molecule has 0 aromatic rings. The summed E-state index contributed by atoms with van der Waals surface area (Å²) in [6.07, 6.45) is 27.8. The maximum absolute atomic E-state index is 11.5. The van der Waals surface area contributed by atoms with Gasteiger partial charge in [-0.15, -0.1) is 12.8 Å². The van der Waals surface area contributed by atoms with Crippen molar-refractivity contribution in [3.63, 3.8) is 0 Å². The molecule has 0 aliphatic rings. The van der Waals surface area contributed by atoms with E-state index in [4.69, 9.17) is 12.8 Å². The lowest BCUT2D eigenvalue weighted by molar-refractivity contribution is -0.924. The number of thioether (sulfide) groups is 10. The number of unbranched alkanes of at least 4 members (excludes halogenated alkanes) is 2. The van der Waals surface area contributed by atoms with Crippen molar-refractivity contribution in [1.29, 1.82) is 0 Å². The Hall–Kier alpha value is -3.16. The van der Waals surface area contributed by atoms with Gasteiger partial charge in [-0.3, -0.25) is 47.9 Å². The SMILES string of the molecule is C#CC(=O)SCC[N+](C)(C)C.C#CC(=O)SCC[N+](CC)(CC)CC.C=C(C)C(=O)SCC[N+](C)(C)C.C=C(C)C(=O)SCC[N+](CC)(CC)CC.C=C(C)C(=O)SCC[N+](CC)(CCC)CCC.C=C(C)C(=O)SCC[N+](CC)(CCC)CCCC.C=CC(=O)SCC[N+](C)(C)C.C=CC(=O)SCC[N+](CC)(CC)CC.C=CC(=O)SCC[N+](CC)(CCC)CCC.C=CC(=O)SCC[N+](CC)(CCC)CCCC. The molecular formula is C115H226N10O10S10+10. The zero-order chi connectivity index (χ0) is 114. The smallest absolute Gasteiger partial charge is 0.262 e. The van der Waals surface area contributed by atoms with Gasteiger partial charge in [0, 0.05) is 0 Å². The average Bonchev–Trinajstić information content (AvgIpc) is 0.891. The number of nitrogens with zero attached hydrogens (tertiary/aromatic N) is 10. The highest BCUT2D eigenvalue weighted by molar-refractivity contribution is 8.16. The van der Waals surface area contributed by atoms with E-state index in [1.807, 2.05) is 0 Å². The van der Waals surface area contributed by atoms with Crippen molar-refractivity contribution in [3.8, 4) is 24.7 Å². The van der Waals surface area contributed by atoms with Crippen LogP contribution in [0, 0.1) is 24.7 Å². The van der Waals surface area contributed by atoms with E-state index in [1.165, 1.54) is 294 Å². The molecule has 0 saturated heterocycles. The van der Waals surface area contributed by atoms with Crippen LogP contribution in [-0.4, -0.2) is 420 Å². The second-order valence-corrected chi connectivity index (χ2v) is 50.6. The maximum atomic E-state index is 11.5. The molecule has 0 aliphatic heterocycles. The van der Waals surface area contributed by atoms with E-state index < -0.39 is 0 Å². The van der Waals surface area contributed by atoms with Crippen LogP contribution in [0.1, 0.15) is 237 Å². The molecule has 2 unspecified atom stereocenters. The van der Waals surface area contributed by atoms with Crippen LogP contribution in [0.4, 0.5) is 0 Å². The second-order valence-electron chi connectivity index (χ2n) is 39.8. The standard InChI is InChI=1S/C15H30NOS.2C14H28NOS.C13H26NOS.C12H24NOS.C11H22NOS.C11H20NOS.C9H18NOS.C8H16NOS.C8H14NOS/c1-6-9-11-16(8-3,10-7-2)12-13-18-15(17)14(4)5;1-6-9-15(8-3,10-7-2)11-12-17-14(16)13(4)5;1-5-9-11-15(8-4,10-6-2)12-13-17-14(16)7-3;1-5-9-14(8-4,10-6-2)11-12-16-13(15)7-3;1-6-13(7-2,8-3)9-10-15-12(14)11(4)5;2*1-5-11(13)14-10-9-12(6-2,7-3)8-4;1-8(2)9(11)12-7-6-10(3,4)5;2*1-5-8(10)11-7-6-9(2,3)4/h4,6-13H2,1-3,5H3;4,6-12H2,1-3,5H3;7H,3,5-6,8-13H2,1-2,4H3;7H,3,5-6,8-12H2,1-2,4H3;4,6-10H2,1-3,5H3;5H,1,6-10H2,2-4H3;1H,6-10H2,2-4H3;1,6-7H2,2-5H3;5H,1,6-7H2,2-4H3;1H,6-7H2,2-4H3/q10*+1. The summed E-state index contributed by atoms with van der Waals surface area (Å²) in [5, 5.41) is 0.589. The monoisotopic (exact) mass is 2230 g/mol. The van der Waals surface area contributed by atoms with Crippen LogP contribution >= 0.6 is 118 Å². The van der Waals surface area contributed by atoms with Crippen molar-refractivity contribution in [3.05, 3.63) is 99.2 Å². The number of terminal acetylenes is 2. The van der Waals surface area contributed by atoms with Crippen molar-refractivity contribution in [2.45, 2.75) is 237 Å². The van der Waals surface area contributed by atoms with Crippen LogP contribution in [0.15, 0.2) is 99.2 Å². The van der Waals surface area contributed by atoms with Gasteiger partial charge in [-0.2, -0.15) is 0 Å². The summed E-state index contributed by atoms with van der Waals surface area (Å²) < 4.78 is 10.6. The Balaban J connectivity index is -0.000000175. The third-order valence-electron chi connectivity index (χ3n) is 25.8. The van der Waals surface area contributed by atoms with Crippen molar-refractivity contribution in [1.82, 2.24) is 0 Å². The molecule has 0 bridgehead atoms. The Labute approximate surface area is 938 Å². The molecule has 0 spiro atoms. The Kier molecular flexibility index (Phi) is 112. The zero-order valence-electron chi connectivity index (χ0n) is 99.8. The molecule has 0 N–H and O–H groups in total. The first kappa shape index (κ1) is 162. The quantitative estimate of drug-likeness (QED) is 0.0320. The van der Waals surface area contributed by atoms with E-state index in [0.717, 1.165) is 218 Å². The lowest BCUT2D eigenvalue weighted by Crippen LogP contribution is -2.50. The van der Waals surface area contributed by atoms with Gasteiger partial charge in [-0.1, -0.05) is 238 Å². The van der Waals surface area contributed by atoms with Gasteiger partial charge in [0.15, 0.2) is 0 Å². The van der Waals surface area contributed by atoms with Gasteiger partial charge in [0.2, 0.25) is 40.9 Å². The largest absolute Gasteiger partial charge is 0.330 e. The van der Waals surface area contributed by atoms with Crippen molar-refractivity contribution in [2.24, 2.45) is 0 Å². The molecule has 0 fully saturated rings. The Morgan fingerprint density at radius 1 is 0.214 bits per heavy atom. The molecule has 0 rings (SSSR count). The highest BCUT2D eigenvalue weighted by Gasteiger charge is 2.30. The highest BCUT2D eigenvalue weighted by Crippen LogP contribution is 2.22. The molecule has 2 atom stereocenters. The van der Waals surface area contributed by atoms with Crippen LogP contribution in [0.25, 0.3) is 0 Å². The fourth-order valence-electron chi connectivity index (χ4n) is 14.9. The molecule has 0 aliphatic carbocycles. The molecule has 0 radical (unpaired) electrons. The van der Waals surface area contributed by atoms with E-state index in [9.17, 15) is 47.9 Å². The van der Waals surface area contributed by atoms with Crippen LogP contribution in [0.2, 0.25) is 0 Å². The molecule has 0 heterocycles. The first-order chi connectivity index (χ1) is 67.8. The zero-order valence-corrected chi connectivity index (χ0v) is 108. The number of quaternary nitrogens is 10. The van der Waals surface area contributed by atoms with Gasteiger partial charge in [0.1, 0.15) is 0 Å². The summed E-state index contributed by atoms with van der Waals surface area (Å²) in [7, 11) is 18.9. The fraction of sp³-hybridized carbons (Fsp3) is 0.739. The van der Waals surface area contributed by atoms with Crippen molar-refractivity contribution in [2.75, 3.05) is 324 Å². The third kappa shape index (κ3) is 96.4. The summed E-state index contributed by atoms with van der Waals surface area (Å²) in [5.41, 5.74) is 2.62. The van der Waals surface area contributed by atoms with Gasteiger partial charge in [-0.05, 0) is 228 Å². The van der Waals surface area contributed by atoms with Crippen molar-refractivity contribution < 1.29 is 92.8 Å². The fourth-order valence-corrected chi connectivity index (χ4v) is 23.7. The molecule has 846 valence electrons. The van der Waals surface area contributed by atoms with Gasteiger partial charge in [0.05, 0.1) is 324 Å². The maximum Gasteiger partial charge on any atom is 0.262 e. The molecule has 145 heavy (non-hydrogen) atoms. The van der Waals surface area contributed by atoms with Crippen LogP contribution in [0.3, 0.4) is 0 Å². The lowest BCUT2D eigenvalue weighted by atomic mass is 10.2. The molecule has 0 amide bonds. The normalized spacial score (nSPS) is 12.0. The summed E-state index contributed by atoms with van der Waals surface area (Å²) in [6, 6.07) is 0. The summed E-state index contributed by atoms with van der Waals surface area (Å²) in [4.78, 5) is 111. The first-order valence-electron chi connectivity index (χ1n) is 53.9. The first-order valence-corrected chi connectivity index (χ1v) is 63.8. The number of rotatable bonds is 69. The Morgan fingerprint density at radius 3 is 0.503 bits per heavy atom. The van der Waals surface area contributed by atoms with E-state index in [0.29, 0.717) is 22.3 Å². The summed E-state index contributed by atoms with van der Waals surface area (Å²) in [6.45, 7) is 118. The van der Waals surface area contributed by atoms with Crippen LogP contribution < -0.4 is 0 Å². The highest BCUT2D eigenvalue weighted by atomic mass is 32.2. The van der Waals surface area contributed by atoms with E-state index in [1.54, 1.807) is 27.7 Å². The van der Waals surface area contributed by atoms with E-state index in [-0.39, 0.29) is 51.2 Å². The molecule has 0 aromatic heterocycles. The van der Waals surface area contributed by atoms with E-state index in [2.05, 4.69) is 273 Å². The van der Waals surface area contributed by atoms with Gasteiger partial charge in [-0.25, -0.2) is 0 Å². The number of hydrogen-bond donors (Lipinski definition) is 0. The predicted molar refractivity (Wildman–Crippen MR) is 664 cm³/mol.